The average Bonchev–Trinajstić information content (AvgIpc) is 2.37. The van der Waals surface area contributed by atoms with E-state index in [0.717, 1.165) is 32.8 Å². The summed E-state index contributed by atoms with van der Waals surface area (Å²) in [6.07, 6.45) is 0. The van der Waals surface area contributed by atoms with Crippen LogP contribution >= 0.6 is 11.6 Å². The summed E-state index contributed by atoms with van der Waals surface area (Å²) < 4.78 is 17.5. The molecule has 0 saturated carbocycles. The van der Waals surface area contributed by atoms with Gasteiger partial charge in [0, 0.05) is 31.1 Å². The number of ether oxygens (including phenoxy) is 1. The molecule has 0 radical (unpaired) electrons. The van der Waals surface area contributed by atoms with Crippen molar-refractivity contribution < 1.29 is 8.95 Å². The van der Waals surface area contributed by atoms with Crippen LogP contribution in [0.1, 0.15) is 0 Å². The summed E-state index contributed by atoms with van der Waals surface area (Å²) in [6.45, 7) is 4.08. The zero-order valence-corrected chi connectivity index (χ0v) is 11.7. The van der Waals surface area contributed by atoms with Crippen LogP contribution in [-0.2, 0) is 15.5 Å². The molecule has 18 heavy (non-hydrogen) atoms. The van der Waals surface area contributed by atoms with E-state index >= 15 is 0 Å². The number of anilines is 1. The Bertz CT molecular complexity index is 416. The van der Waals surface area contributed by atoms with Gasteiger partial charge < -0.3 is 10.5 Å². The van der Waals surface area contributed by atoms with Crippen molar-refractivity contribution in [3.63, 3.8) is 0 Å². The maximum atomic E-state index is 12.2. The molecule has 2 N–H and O–H groups in total. The molecule has 100 valence electrons. The van der Waals surface area contributed by atoms with Crippen molar-refractivity contribution >= 4 is 28.1 Å². The molecule has 1 atom stereocenters. The average molecular weight is 289 g/mol. The molecular weight excluding hydrogens is 272 g/mol. The van der Waals surface area contributed by atoms with Gasteiger partial charge in [0.2, 0.25) is 0 Å². The molecule has 1 fully saturated rings. The molecule has 0 aromatic heterocycles. The third-order valence-electron chi connectivity index (χ3n) is 2.92. The zero-order chi connectivity index (χ0) is 13.0. The van der Waals surface area contributed by atoms with Crippen LogP contribution in [0.4, 0.5) is 5.69 Å². The minimum absolute atomic E-state index is 0.482. The van der Waals surface area contributed by atoms with Gasteiger partial charge >= 0.3 is 0 Å². The highest BCUT2D eigenvalue weighted by Crippen LogP contribution is 2.25. The normalized spacial score (nSPS) is 18.7. The molecule has 0 bridgehead atoms. The molecule has 1 unspecified atom stereocenters. The molecule has 6 heteroatoms. The number of hydrogen-bond donors (Lipinski definition) is 1. The molecule has 0 spiro atoms. The standard InChI is InChI=1S/C12H17ClN2O2S/c13-10-2-1-3-11(14)12(10)18(16)9-6-15-4-7-17-8-5-15/h1-3H,4-9,14H2. The van der Waals surface area contributed by atoms with Crippen molar-refractivity contribution in [1.82, 2.24) is 4.90 Å². The first kappa shape index (κ1) is 13.8. The maximum absolute atomic E-state index is 12.2. The largest absolute Gasteiger partial charge is 0.398 e. The predicted molar refractivity (Wildman–Crippen MR) is 74.4 cm³/mol. The van der Waals surface area contributed by atoms with Crippen molar-refractivity contribution in [2.24, 2.45) is 0 Å². The van der Waals surface area contributed by atoms with Crippen LogP contribution in [-0.4, -0.2) is 47.7 Å². The summed E-state index contributed by atoms with van der Waals surface area (Å²) in [7, 11) is -1.15. The van der Waals surface area contributed by atoms with Crippen LogP contribution < -0.4 is 5.73 Å². The Morgan fingerprint density at radius 3 is 2.78 bits per heavy atom. The Morgan fingerprint density at radius 1 is 1.39 bits per heavy atom. The third-order valence-corrected chi connectivity index (χ3v) is 4.81. The lowest BCUT2D eigenvalue weighted by Gasteiger charge is -2.26. The third kappa shape index (κ3) is 3.45. The maximum Gasteiger partial charge on any atom is 0.0803 e. The highest BCUT2D eigenvalue weighted by Gasteiger charge is 2.15. The van der Waals surface area contributed by atoms with Gasteiger partial charge in [0.25, 0.3) is 0 Å². The van der Waals surface area contributed by atoms with Gasteiger partial charge in [-0.25, -0.2) is 0 Å². The second kappa shape index (κ2) is 6.52. The van der Waals surface area contributed by atoms with Crippen molar-refractivity contribution in [2.75, 3.05) is 44.3 Å². The fourth-order valence-corrected chi connectivity index (χ4v) is 3.59. The van der Waals surface area contributed by atoms with E-state index in [0.29, 0.717) is 21.4 Å². The van der Waals surface area contributed by atoms with Crippen LogP contribution in [0.5, 0.6) is 0 Å². The molecule has 0 amide bonds. The molecule has 1 heterocycles. The first-order valence-electron chi connectivity index (χ1n) is 5.91. The summed E-state index contributed by atoms with van der Waals surface area (Å²) in [5, 5.41) is 0.482. The predicted octanol–water partition coefficient (Wildman–Crippen LogP) is 1.36. The quantitative estimate of drug-likeness (QED) is 0.850. The second-order valence-corrected chi connectivity index (χ2v) is 6.08. The number of hydrogen-bond acceptors (Lipinski definition) is 4. The number of halogens is 1. The van der Waals surface area contributed by atoms with E-state index < -0.39 is 10.8 Å². The summed E-state index contributed by atoms with van der Waals surface area (Å²) in [5.74, 6) is 0.550. The number of nitrogens with two attached hydrogens (primary N) is 1. The first-order chi connectivity index (χ1) is 8.68. The Labute approximate surface area is 115 Å². The Morgan fingerprint density at radius 2 is 2.11 bits per heavy atom. The Hall–Kier alpha value is -0.620. The van der Waals surface area contributed by atoms with Gasteiger partial charge in [-0.05, 0) is 12.1 Å². The lowest BCUT2D eigenvalue weighted by molar-refractivity contribution is 0.0409. The summed E-state index contributed by atoms with van der Waals surface area (Å²) >= 11 is 6.04. The number of nitrogens with zero attached hydrogens (tertiary/aromatic N) is 1. The zero-order valence-electron chi connectivity index (χ0n) is 10.1. The lowest BCUT2D eigenvalue weighted by atomic mass is 10.3. The van der Waals surface area contributed by atoms with Crippen molar-refractivity contribution in [3.8, 4) is 0 Å². The summed E-state index contributed by atoms with van der Waals surface area (Å²) in [5.41, 5.74) is 6.32. The van der Waals surface area contributed by atoms with Crippen LogP contribution in [0.3, 0.4) is 0 Å². The van der Waals surface area contributed by atoms with E-state index in [1.165, 1.54) is 0 Å². The first-order valence-corrected chi connectivity index (χ1v) is 7.60. The fourth-order valence-electron chi connectivity index (χ4n) is 1.90. The topological polar surface area (TPSA) is 55.6 Å². The summed E-state index contributed by atoms with van der Waals surface area (Å²) in [4.78, 5) is 2.81. The molecule has 0 aliphatic carbocycles. The molecule has 1 aliphatic heterocycles. The number of benzene rings is 1. The monoisotopic (exact) mass is 288 g/mol. The molecule has 2 rings (SSSR count). The number of rotatable bonds is 4. The van der Waals surface area contributed by atoms with Crippen molar-refractivity contribution in [1.29, 1.82) is 0 Å². The SMILES string of the molecule is Nc1cccc(Cl)c1S(=O)CCN1CCOCC1. The molecule has 1 saturated heterocycles. The van der Waals surface area contributed by atoms with E-state index in [4.69, 9.17) is 22.1 Å². The smallest absolute Gasteiger partial charge is 0.0803 e. The van der Waals surface area contributed by atoms with Gasteiger partial charge in [-0.1, -0.05) is 17.7 Å². The van der Waals surface area contributed by atoms with Crippen LogP contribution in [0.15, 0.2) is 23.1 Å². The summed E-state index contributed by atoms with van der Waals surface area (Å²) in [6, 6.07) is 5.22. The van der Waals surface area contributed by atoms with Gasteiger partial charge in [-0.15, -0.1) is 0 Å². The lowest BCUT2D eigenvalue weighted by Crippen LogP contribution is -2.38. The minimum Gasteiger partial charge on any atom is -0.398 e. The van der Waals surface area contributed by atoms with Gasteiger partial charge in [0.05, 0.1) is 33.9 Å². The van der Waals surface area contributed by atoms with Crippen LogP contribution in [0, 0.1) is 0 Å². The van der Waals surface area contributed by atoms with Gasteiger partial charge in [-0.2, -0.15) is 0 Å². The second-order valence-electron chi connectivity index (χ2n) is 4.16. The Kier molecular flexibility index (Phi) is 5.00. The van der Waals surface area contributed by atoms with Crippen molar-refractivity contribution in [3.05, 3.63) is 23.2 Å². The molecule has 1 aromatic rings. The highest BCUT2D eigenvalue weighted by molar-refractivity contribution is 7.85. The van der Waals surface area contributed by atoms with E-state index in [-0.39, 0.29) is 0 Å². The molecule has 1 aromatic carbocycles. The van der Waals surface area contributed by atoms with Gasteiger partial charge in [0.1, 0.15) is 0 Å². The van der Waals surface area contributed by atoms with E-state index in [2.05, 4.69) is 4.90 Å². The highest BCUT2D eigenvalue weighted by atomic mass is 35.5. The van der Waals surface area contributed by atoms with E-state index in [1.54, 1.807) is 18.2 Å². The van der Waals surface area contributed by atoms with Crippen LogP contribution in [0.25, 0.3) is 0 Å². The van der Waals surface area contributed by atoms with Crippen molar-refractivity contribution in [2.45, 2.75) is 4.90 Å². The minimum atomic E-state index is -1.15. The fraction of sp³-hybridized carbons (Fsp3) is 0.500. The van der Waals surface area contributed by atoms with Crippen LogP contribution in [0.2, 0.25) is 5.02 Å². The van der Waals surface area contributed by atoms with E-state index in [9.17, 15) is 4.21 Å². The number of morpholine rings is 1. The molecule has 1 aliphatic rings. The van der Waals surface area contributed by atoms with Gasteiger partial charge in [-0.3, -0.25) is 9.11 Å². The molecule has 4 nitrogen and oxygen atoms in total. The van der Waals surface area contributed by atoms with E-state index in [1.807, 2.05) is 0 Å². The van der Waals surface area contributed by atoms with Gasteiger partial charge in [0.15, 0.2) is 0 Å². The molecular formula is C12H17ClN2O2S. The number of nitrogen functional groups attached to an aromatic ring is 1. The Balaban J connectivity index is 1.95.